The summed E-state index contributed by atoms with van der Waals surface area (Å²) in [4.78, 5) is 38.1. The maximum Gasteiger partial charge on any atom is 0.421 e. The molecule has 1 heterocycles. The number of hydrogen-bond donors (Lipinski definition) is 0. The van der Waals surface area contributed by atoms with Crippen LogP contribution >= 0.6 is 0 Å². The van der Waals surface area contributed by atoms with E-state index in [0.29, 0.717) is 0 Å². The summed E-state index contributed by atoms with van der Waals surface area (Å²) in [5.74, 6) is -0.954. The number of nitro groups is 1. The summed E-state index contributed by atoms with van der Waals surface area (Å²) in [5, 5.41) is 12.2. The number of anilines is 1. The molecule has 2 aromatic rings. The lowest BCUT2D eigenvalue weighted by molar-refractivity contribution is -0.546. The van der Waals surface area contributed by atoms with Gasteiger partial charge in [-0.3, -0.25) is 14.9 Å². The van der Waals surface area contributed by atoms with Crippen LogP contribution in [0.15, 0.2) is 54.6 Å². The number of amides is 2. The summed E-state index contributed by atoms with van der Waals surface area (Å²) in [6, 6.07) is 14.2. The van der Waals surface area contributed by atoms with E-state index in [-0.39, 0.29) is 16.8 Å². The molecule has 26 heavy (non-hydrogen) atoms. The summed E-state index contributed by atoms with van der Waals surface area (Å²) in [5.41, 5.74) is -2.54. The predicted octanol–water partition coefficient (Wildman–Crippen LogP) is 3.49. The smallest absolute Gasteiger partial charge is 0.421 e. The van der Waals surface area contributed by atoms with Crippen LogP contribution in [0.25, 0.3) is 0 Å². The van der Waals surface area contributed by atoms with E-state index in [9.17, 15) is 19.7 Å². The van der Waals surface area contributed by atoms with Crippen molar-refractivity contribution < 1.29 is 19.2 Å². The Morgan fingerprint density at radius 1 is 1.08 bits per heavy atom. The molecular weight excluding hydrogens is 336 g/mol. The maximum absolute atomic E-state index is 13.2. The van der Waals surface area contributed by atoms with Crippen LogP contribution in [0.4, 0.5) is 10.5 Å². The first kappa shape index (κ1) is 17.6. The van der Waals surface area contributed by atoms with Gasteiger partial charge in [-0.25, -0.2) is 9.69 Å². The van der Waals surface area contributed by atoms with Gasteiger partial charge in [0, 0.05) is 10.5 Å². The number of fused-ring (bicyclic) bond motifs is 1. The Kier molecular flexibility index (Phi) is 4.02. The topological polar surface area (TPSA) is 89.8 Å². The lowest BCUT2D eigenvalue weighted by Crippen LogP contribution is -2.49. The number of imide groups is 1. The number of benzene rings is 2. The van der Waals surface area contributed by atoms with Crippen LogP contribution in [0.5, 0.6) is 0 Å². The molecule has 0 radical (unpaired) electrons. The molecular formula is C19H18N2O5. The van der Waals surface area contributed by atoms with E-state index in [4.69, 9.17) is 4.74 Å². The monoisotopic (exact) mass is 354 g/mol. The largest absolute Gasteiger partial charge is 0.443 e. The Labute approximate surface area is 150 Å². The van der Waals surface area contributed by atoms with Crippen molar-refractivity contribution in [2.45, 2.75) is 31.9 Å². The number of para-hydroxylation sites is 1. The molecule has 7 heteroatoms. The average molecular weight is 354 g/mol. The number of carbonyl (C=O) groups excluding carboxylic acids is 2. The second-order valence-electron chi connectivity index (χ2n) is 6.97. The normalized spacial score (nSPS) is 19.2. The van der Waals surface area contributed by atoms with E-state index in [1.165, 1.54) is 24.3 Å². The highest BCUT2D eigenvalue weighted by atomic mass is 16.6. The van der Waals surface area contributed by atoms with Crippen LogP contribution in [0.3, 0.4) is 0 Å². The Hall–Kier alpha value is -3.22. The lowest BCUT2D eigenvalue weighted by Gasteiger charge is -2.24. The summed E-state index contributed by atoms with van der Waals surface area (Å²) in [6.45, 7) is 4.99. The first-order valence-electron chi connectivity index (χ1n) is 8.06. The minimum atomic E-state index is -2.19. The Balaban J connectivity index is 2.24. The van der Waals surface area contributed by atoms with Gasteiger partial charge in [0.15, 0.2) is 0 Å². The lowest BCUT2D eigenvalue weighted by atomic mass is 9.84. The van der Waals surface area contributed by atoms with Gasteiger partial charge in [-0.2, -0.15) is 0 Å². The van der Waals surface area contributed by atoms with Gasteiger partial charge < -0.3 is 4.74 Å². The third kappa shape index (κ3) is 2.52. The van der Waals surface area contributed by atoms with E-state index in [1.807, 2.05) is 0 Å². The zero-order valence-corrected chi connectivity index (χ0v) is 14.6. The van der Waals surface area contributed by atoms with Crippen molar-refractivity contribution in [1.82, 2.24) is 0 Å². The number of nitrogens with zero attached hydrogens (tertiary/aromatic N) is 2. The molecule has 0 N–H and O–H groups in total. The number of rotatable bonds is 2. The van der Waals surface area contributed by atoms with Crippen LogP contribution in [-0.2, 0) is 15.1 Å². The molecule has 0 spiro atoms. The van der Waals surface area contributed by atoms with Gasteiger partial charge in [0.25, 0.3) is 0 Å². The predicted molar refractivity (Wildman–Crippen MR) is 94.4 cm³/mol. The van der Waals surface area contributed by atoms with E-state index < -0.39 is 28.1 Å². The molecule has 1 aliphatic rings. The fourth-order valence-corrected chi connectivity index (χ4v) is 3.09. The minimum absolute atomic E-state index is 0.145. The highest BCUT2D eigenvalue weighted by Crippen LogP contribution is 2.46. The molecule has 0 aliphatic carbocycles. The molecule has 1 aliphatic heterocycles. The molecule has 0 aromatic heterocycles. The van der Waals surface area contributed by atoms with E-state index in [2.05, 4.69) is 0 Å². The van der Waals surface area contributed by atoms with E-state index in [0.717, 1.165) is 4.90 Å². The van der Waals surface area contributed by atoms with E-state index >= 15 is 0 Å². The van der Waals surface area contributed by atoms with Crippen molar-refractivity contribution in [1.29, 1.82) is 0 Å². The van der Waals surface area contributed by atoms with Gasteiger partial charge in [0.1, 0.15) is 5.60 Å². The SMILES string of the molecule is CC(C)(C)OC(=O)N1C(=O)[C@](c2ccccc2)([N+](=O)[O-])c2ccccc21. The minimum Gasteiger partial charge on any atom is -0.443 e. The van der Waals surface area contributed by atoms with E-state index in [1.54, 1.807) is 51.1 Å². The standard InChI is InChI=1S/C19H18N2O5/c1-18(2,3)26-17(23)20-15-12-8-7-11-14(15)19(16(20)22,21(24)25)13-9-5-4-6-10-13/h4-12H,1-3H3/t19-/m1/s1. The highest BCUT2D eigenvalue weighted by molar-refractivity contribution is 6.21. The molecule has 0 unspecified atom stereocenters. The Morgan fingerprint density at radius 2 is 1.65 bits per heavy atom. The quantitative estimate of drug-likeness (QED) is 0.608. The Morgan fingerprint density at radius 3 is 2.23 bits per heavy atom. The maximum atomic E-state index is 13.2. The van der Waals surface area contributed by atoms with Crippen LogP contribution in [0, 0.1) is 10.1 Å². The van der Waals surface area contributed by atoms with Crippen LogP contribution in [0.2, 0.25) is 0 Å². The van der Waals surface area contributed by atoms with Gasteiger partial charge in [0.2, 0.25) is 0 Å². The zero-order chi connectivity index (χ0) is 19.1. The van der Waals surface area contributed by atoms with Crippen molar-refractivity contribution in [3.05, 3.63) is 75.8 Å². The molecule has 7 nitrogen and oxygen atoms in total. The Bertz CT molecular complexity index is 888. The third-order valence-electron chi connectivity index (χ3n) is 4.09. The summed E-state index contributed by atoms with van der Waals surface area (Å²) < 4.78 is 5.30. The second-order valence-corrected chi connectivity index (χ2v) is 6.97. The first-order chi connectivity index (χ1) is 12.2. The number of carbonyl (C=O) groups is 2. The molecule has 2 amide bonds. The van der Waals surface area contributed by atoms with Crippen LogP contribution in [-0.4, -0.2) is 22.5 Å². The summed E-state index contributed by atoms with van der Waals surface area (Å²) >= 11 is 0. The van der Waals surface area contributed by atoms with Crippen molar-refractivity contribution in [3.8, 4) is 0 Å². The fourth-order valence-electron chi connectivity index (χ4n) is 3.09. The third-order valence-corrected chi connectivity index (χ3v) is 4.09. The molecule has 3 rings (SSSR count). The molecule has 0 saturated heterocycles. The second kappa shape index (κ2) is 5.94. The van der Waals surface area contributed by atoms with Crippen LogP contribution in [0.1, 0.15) is 31.9 Å². The van der Waals surface area contributed by atoms with Gasteiger partial charge >= 0.3 is 17.5 Å². The fraction of sp³-hybridized carbons (Fsp3) is 0.263. The molecule has 0 bridgehead atoms. The average Bonchev–Trinajstić information content (AvgIpc) is 2.83. The molecule has 0 fully saturated rings. The molecule has 1 atom stereocenters. The van der Waals surface area contributed by atoms with Gasteiger partial charge in [-0.1, -0.05) is 42.5 Å². The summed E-state index contributed by atoms with van der Waals surface area (Å²) in [7, 11) is 0. The zero-order valence-electron chi connectivity index (χ0n) is 14.6. The first-order valence-corrected chi connectivity index (χ1v) is 8.06. The van der Waals surface area contributed by atoms with Crippen molar-refractivity contribution in [3.63, 3.8) is 0 Å². The van der Waals surface area contributed by atoms with Gasteiger partial charge in [-0.05, 0) is 32.9 Å². The number of ether oxygens (including phenoxy) is 1. The highest BCUT2D eigenvalue weighted by Gasteiger charge is 2.64. The summed E-state index contributed by atoms with van der Waals surface area (Å²) in [6.07, 6.45) is -0.936. The van der Waals surface area contributed by atoms with Crippen molar-refractivity contribution in [2.75, 3.05) is 4.90 Å². The molecule has 134 valence electrons. The van der Waals surface area contributed by atoms with Crippen molar-refractivity contribution >= 4 is 17.7 Å². The molecule has 2 aromatic carbocycles. The van der Waals surface area contributed by atoms with Gasteiger partial charge in [0.05, 0.1) is 11.3 Å². The van der Waals surface area contributed by atoms with Crippen LogP contribution < -0.4 is 4.90 Å². The molecule has 0 saturated carbocycles. The van der Waals surface area contributed by atoms with Gasteiger partial charge in [-0.15, -0.1) is 0 Å². The number of hydrogen-bond acceptors (Lipinski definition) is 5. The van der Waals surface area contributed by atoms with Crippen molar-refractivity contribution in [2.24, 2.45) is 0 Å².